The van der Waals surface area contributed by atoms with Crippen molar-refractivity contribution in [1.82, 2.24) is 4.90 Å². The number of hydrogen-bond acceptors (Lipinski definition) is 4. The van der Waals surface area contributed by atoms with Gasteiger partial charge in [-0.25, -0.2) is 4.79 Å². The number of ether oxygens (including phenoxy) is 1. The molecule has 1 aliphatic heterocycles. The smallest absolute Gasteiger partial charge is 0.327 e. The molecule has 5 nitrogen and oxygen atoms in total. The van der Waals surface area contributed by atoms with E-state index in [4.69, 9.17) is 4.74 Å². The number of carboxylic acids is 1. The monoisotopic (exact) mass is 307 g/mol. The maximum atomic E-state index is 12.9. The lowest BCUT2D eigenvalue weighted by Gasteiger charge is -2.28. The number of carbonyl (C=O) groups excluding carboxylic acids is 1. The van der Waals surface area contributed by atoms with Crippen molar-refractivity contribution in [2.45, 2.75) is 24.3 Å². The minimum Gasteiger partial charge on any atom is -0.496 e. The third-order valence-corrected chi connectivity index (χ3v) is 5.38. The van der Waals surface area contributed by atoms with Gasteiger partial charge in [0.1, 0.15) is 11.8 Å². The highest BCUT2D eigenvalue weighted by atomic mass is 32.2. The van der Waals surface area contributed by atoms with Gasteiger partial charge in [0.2, 0.25) is 0 Å². The van der Waals surface area contributed by atoms with E-state index in [2.05, 4.69) is 0 Å². The number of aliphatic carboxylic acids is 1. The second kappa shape index (κ2) is 5.60. The molecular formula is C15H17NO4S. The quantitative estimate of drug-likeness (QED) is 0.922. The van der Waals surface area contributed by atoms with Crippen LogP contribution in [-0.2, 0) is 4.79 Å². The van der Waals surface area contributed by atoms with E-state index >= 15 is 0 Å². The van der Waals surface area contributed by atoms with Gasteiger partial charge in [-0.1, -0.05) is 12.1 Å². The maximum absolute atomic E-state index is 12.9. The first-order valence-corrected chi connectivity index (χ1v) is 7.98. The summed E-state index contributed by atoms with van der Waals surface area (Å²) in [5.74, 6) is 0.184. The van der Waals surface area contributed by atoms with Gasteiger partial charge in [-0.2, -0.15) is 0 Å². The molecule has 1 heterocycles. The van der Waals surface area contributed by atoms with Gasteiger partial charge >= 0.3 is 5.97 Å². The number of para-hydroxylation sites is 1. The van der Waals surface area contributed by atoms with E-state index < -0.39 is 12.0 Å². The molecule has 0 spiro atoms. The zero-order valence-electron chi connectivity index (χ0n) is 11.7. The Hall–Kier alpha value is -1.69. The lowest BCUT2D eigenvalue weighted by molar-refractivity contribution is -0.141. The van der Waals surface area contributed by atoms with Crippen LogP contribution in [0.15, 0.2) is 24.3 Å². The van der Waals surface area contributed by atoms with Crippen molar-refractivity contribution in [3.05, 3.63) is 29.8 Å². The highest BCUT2D eigenvalue weighted by Crippen LogP contribution is 2.46. The first-order chi connectivity index (χ1) is 10.1. The fraction of sp³-hybridized carbons (Fsp3) is 0.467. The molecule has 0 aromatic heterocycles. The van der Waals surface area contributed by atoms with Crippen molar-refractivity contribution >= 4 is 23.6 Å². The minimum atomic E-state index is -0.936. The zero-order valence-corrected chi connectivity index (χ0v) is 12.5. The number of methoxy groups -OCH3 is 1. The summed E-state index contributed by atoms with van der Waals surface area (Å²) in [7, 11) is 1.51. The lowest BCUT2D eigenvalue weighted by atomic mass is 10.1. The van der Waals surface area contributed by atoms with Crippen LogP contribution in [0.1, 0.15) is 23.2 Å². The summed E-state index contributed by atoms with van der Waals surface area (Å²) in [6.45, 7) is 0. The standard InChI is InChI=1S/C15H17NO4S/c1-20-12-5-3-2-4-10(12)13(17)16-11(15(18)19)8-21-14(16)9-6-7-9/h2-5,9,11,14H,6-8H2,1H3,(H,18,19). The Morgan fingerprint density at radius 3 is 2.67 bits per heavy atom. The van der Waals surface area contributed by atoms with E-state index in [1.54, 1.807) is 40.9 Å². The molecule has 1 aliphatic carbocycles. The van der Waals surface area contributed by atoms with Crippen molar-refractivity contribution in [2.75, 3.05) is 12.9 Å². The molecule has 1 amide bonds. The molecule has 21 heavy (non-hydrogen) atoms. The molecule has 1 N–H and O–H groups in total. The van der Waals surface area contributed by atoms with Crippen LogP contribution < -0.4 is 4.74 Å². The van der Waals surface area contributed by atoms with Gasteiger partial charge in [0.15, 0.2) is 0 Å². The maximum Gasteiger partial charge on any atom is 0.327 e. The molecule has 0 bridgehead atoms. The third-order valence-electron chi connectivity index (χ3n) is 3.92. The fourth-order valence-corrected chi connectivity index (χ4v) is 4.31. The fourth-order valence-electron chi connectivity index (χ4n) is 2.68. The van der Waals surface area contributed by atoms with E-state index in [0.717, 1.165) is 12.8 Å². The SMILES string of the molecule is COc1ccccc1C(=O)N1C(C(=O)O)CSC1C1CC1. The van der Waals surface area contributed by atoms with Crippen molar-refractivity contribution in [3.8, 4) is 5.75 Å². The van der Waals surface area contributed by atoms with Crippen LogP contribution in [0, 0.1) is 5.92 Å². The van der Waals surface area contributed by atoms with E-state index in [-0.39, 0.29) is 11.3 Å². The molecule has 1 aromatic carbocycles. The molecule has 6 heteroatoms. The number of carboxylic acid groups (broad SMARTS) is 1. The molecule has 0 radical (unpaired) electrons. The predicted octanol–water partition coefficient (Wildman–Crippen LogP) is 2.07. The van der Waals surface area contributed by atoms with Gasteiger partial charge in [-0.05, 0) is 30.9 Å². The summed E-state index contributed by atoms with van der Waals surface area (Å²) in [5.41, 5.74) is 0.430. The summed E-state index contributed by atoms with van der Waals surface area (Å²) in [6.07, 6.45) is 2.14. The Morgan fingerprint density at radius 2 is 2.05 bits per heavy atom. The molecule has 1 saturated heterocycles. The first-order valence-electron chi connectivity index (χ1n) is 6.93. The number of hydrogen-bond donors (Lipinski definition) is 1. The van der Waals surface area contributed by atoms with Gasteiger partial charge < -0.3 is 14.7 Å². The highest BCUT2D eigenvalue weighted by molar-refractivity contribution is 8.00. The molecule has 3 rings (SSSR count). The molecule has 2 atom stereocenters. The predicted molar refractivity (Wildman–Crippen MR) is 79.6 cm³/mol. The molecule has 2 unspecified atom stereocenters. The Balaban J connectivity index is 1.94. The van der Waals surface area contributed by atoms with Crippen LogP contribution in [0.3, 0.4) is 0 Å². The van der Waals surface area contributed by atoms with Crippen molar-refractivity contribution in [3.63, 3.8) is 0 Å². The van der Waals surface area contributed by atoms with Crippen LogP contribution in [0.25, 0.3) is 0 Å². The lowest BCUT2D eigenvalue weighted by Crippen LogP contribution is -2.46. The number of carbonyl (C=O) groups is 2. The van der Waals surface area contributed by atoms with Crippen LogP contribution in [-0.4, -0.2) is 46.2 Å². The second-order valence-electron chi connectivity index (χ2n) is 5.33. The number of nitrogens with zero attached hydrogens (tertiary/aromatic N) is 1. The largest absolute Gasteiger partial charge is 0.496 e. The summed E-state index contributed by atoms with van der Waals surface area (Å²) < 4.78 is 5.23. The van der Waals surface area contributed by atoms with Crippen molar-refractivity contribution < 1.29 is 19.4 Å². The van der Waals surface area contributed by atoms with Crippen LogP contribution in [0.2, 0.25) is 0 Å². The average molecular weight is 307 g/mol. The summed E-state index contributed by atoms with van der Waals surface area (Å²) in [6, 6.07) is 6.21. The van der Waals surface area contributed by atoms with E-state index in [1.807, 2.05) is 0 Å². The Labute approximate surface area is 127 Å². The summed E-state index contributed by atoms with van der Waals surface area (Å²) >= 11 is 1.58. The molecule has 1 aromatic rings. The zero-order chi connectivity index (χ0) is 15.0. The molecule has 2 aliphatic rings. The van der Waals surface area contributed by atoms with Gasteiger partial charge in [-0.15, -0.1) is 11.8 Å². The highest BCUT2D eigenvalue weighted by Gasteiger charge is 2.48. The molecule has 1 saturated carbocycles. The number of thioether (sulfide) groups is 1. The normalized spacial score (nSPS) is 24.9. The van der Waals surface area contributed by atoms with Gasteiger partial charge in [-0.3, -0.25) is 4.79 Å². The number of benzene rings is 1. The van der Waals surface area contributed by atoms with E-state index in [1.165, 1.54) is 7.11 Å². The van der Waals surface area contributed by atoms with Gasteiger partial charge in [0.25, 0.3) is 5.91 Å². The Bertz CT molecular complexity index is 573. The Kier molecular flexibility index (Phi) is 3.80. The van der Waals surface area contributed by atoms with Crippen LogP contribution in [0.5, 0.6) is 5.75 Å². The molecule has 2 fully saturated rings. The third kappa shape index (κ3) is 2.60. The first kappa shape index (κ1) is 14.3. The van der Waals surface area contributed by atoms with Crippen molar-refractivity contribution in [2.24, 2.45) is 5.92 Å². The minimum absolute atomic E-state index is 0.0245. The Morgan fingerprint density at radius 1 is 1.33 bits per heavy atom. The van der Waals surface area contributed by atoms with E-state index in [9.17, 15) is 14.7 Å². The van der Waals surface area contributed by atoms with Crippen LogP contribution >= 0.6 is 11.8 Å². The van der Waals surface area contributed by atoms with E-state index in [0.29, 0.717) is 23.0 Å². The summed E-state index contributed by atoms with van der Waals surface area (Å²) in [5, 5.41) is 9.36. The van der Waals surface area contributed by atoms with Crippen LogP contribution in [0.4, 0.5) is 0 Å². The number of rotatable bonds is 4. The average Bonchev–Trinajstić information content (AvgIpc) is 3.24. The van der Waals surface area contributed by atoms with Gasteiger partial charge in [0, 0.05) is 5.75 Å². The molecular weight excluding hydrogens is 290 g/mol. The topological polar surface area (TPSA) is 66.8 Å². The molecule has 112 valence electrons. The van der Waals surface area contributed by atoms with Gasteiger partial charge in [0.05, 0.1) is 18.0 Å². The summed E-state index contributed by atoms with van der Waals surface area (Å²) in [4.78, 5) is 25.8. The number of amides is 1. The second-order valence-corrected chi connectivity index (χ2v) is 6.48. The van der Waals surface area contributed by atoms with Crippen molar-refractivity contribution in [1.29, 1.82) is 0 Å².